The summed E-state index contributed by atoms with van der Waals surface area (Å²) in [6.07, 6.45) is -5.12. The Kier molecular flexibility index (Phi) is 8.74. The van der Waals surface area contributed by atoms with Crippen molar-refractivity contribution in [1.29, 1.82) is 0 Å². The van der Waals surface area contributed by atoms with Gasteiger partial charge in [-0.15, -0.1) is 0 Å². The Bertz CT molecular complexity index is 1550. The van der Waals surface area contributed by atoms with E-state index in [4.69, 9.17) is 0 Å². The van der Waals surface area contributed by atoms with E-state index in [0.717, 1.165) is 30.7 Å². The van der Waals surface area contributed by atoms with E-state index < -0.39 is 40.2 Å². The number of hydrogen-bond acceptors (Lipinski definition) is 8. The summed E-state index contributed by atoms with van der Waals surface area (Å²) in [5.41, 5.74) is -2.29. The van der Waals surface area contributed by atoms with Crippen LogP contribution in [0.5, 0.6) is 0 Å². The molecule has 2 aliphatic heterocycles. The first-order chi connectivity index (χ1) is 20.4. The van der Waals surface area contributed by atoms with Crippen molar-refractivity contribution in [3.05, 3.63) is 76.1 Å². The number of nitrogens with one attached hydrogen (secondary N) is 2. The number of thioether (sulfide) groups is 1. The molecule has 226 valence electrons. The van der Waals surface area contributed by atoms with Gasteiger partial charge in [-0.3, -0.25) is 19.9 Å². The predicted octanol–water partition coefficient (Wildman–Crippen LogP) is 5.91. The minimum Gasteiger partial charge on any atom is -0.341 e. The fourth-order valence-corrected chi connectivity index (χ4v) is 5.46. The molecule has 0 atom stereocenters. The van der Waals surface area contributed by atoms with Crippen LogP contribution in [0, 0.1) is 5.92 Å². The highest BCUT2D eigenvalue weighted by Crippen LogP contribution is 2.40. The summed E-state index contributed by atoms with van der Waals surface area (Å²) >= 11 is 0.812. The number of amides is 2. The number of hydrogen-bond donors (Lipinski definition) is 2. The van der Waals surface area contributed by atoms with Crippen molar-refractivity contribution >= 4 is 34.9 Å². The summed E-state index contributed by atoms with van der Waals surface area (Å²) in [6.45, 7) is 2.26. The van der Waals surface area contributed by atoms with E-state index in [9.17, 15) is 35.9 Å². The van der Waals surface area contributed by atoms with E-state index in [2.05, 4.69) is 25.6 Å². The minimum absolute atomic E-state index is 0.0645. The number of halogens is 6. The number of aromatic nitrogens is 3. The van der Waals surface area contributed by atoms with Crippen LogP contribution in [0.1, 0.15) is 35.4 Å². The quantitative estimate of drug-likeness (QED) is 0.248. The number of rotatable bonds is 7. The Balaban J connectivity index is 1.16. The van der Waals surface area contributed by atoms with Crippen LogP contribution in [0.25, 0.3) is 17.3 Å². The first-order valence-corrected chi connectivity index (χ1v) is 14.0. The smallest absolute Gasteiger partial charge is 0.341 e. The van der Waals surface area contributed by atoms with Crippen LogP contribution in [-0.2, 0) is 23.7 Å². The largest absolute Gasteiger partial charge is 0.417 e. The predicted molar refractivity (Wildman–Crippen MR) is 147 cm³/mol. The number of carbonyl (C=O) groups excluding carboxylic acids is 2. The van der Waals surface area contributed by atoms with Crippen molar-refractivity contribution in [2.24, 2.45) is 5.92 Å². The SMILES string of the molecule is O=C1NC(=O)/C(=C/c2ccnc(N3CCC(CNCc4cccc(-c5ccc(C(F)(F)F)cc5C(F)(F)F)n4)CC3)n2)S1. The van der Waals surface area contributed by atoms with Gasteiger partial charge in [-0.2, -0.15) is 26.3 Å². The van der Waals surface area contributed by atoms with Crippen LogP contribution in [0.4, 0.5) is 37.1 Å². The van der Waals surface area contributed by atoms with Crippen LogP contribution in [0.2, 0.25) is 0 Å². The van der Waals surface area contributed by atoms with Crippen molar-refractivity contribution in [1.82, 2.24) is 25.6 Å². The van der Waals surface area contributed by atoms with Crippen LogP contribution >= 0.6 is 11.8 Å². The summed E-state index contributed by atoms with van der Waals surface area (Å²) in [5, 5.41) is 5.05. The Labute approximate surface area is 246 Å². The number of anilines is 1. The zero-order valence-corrected chi connectivity index (χ0v) is 23.1. The summed E-state index contributed by atoms with van der Waals surface area (Å²) in [4.78, 5) is 38.6. The molecule has 1 aromatic carbocycles. The molecular weight excluding hydrogens is 598 g/mol. The third-order valence-corrected chi connectivity index (χ3v) is 7.77. The molecule has 0 saturated carbocycles. The van der Waals surface area contributed by atoms with E-state index >= 15 is 0 Å². The first kappa shape index (κ1) is 30.5. The van der Waals surface area contributed by atoms with Crippen LogP contribution in [0.15, 0.2) is 53.6 Å². The second-order valence-corrected chi connectivity index (χ2v) is 11.0. The van der Waals surface area contributed by atoms with Crippen molar-refractivity contribution in [3.63, 3.8) is 0 Å². The molecule has 2 saturated heterocycles. The number of benzene rings is 1. The lowest BCUT2D eigenvalue weighted by atomic mass is 9.97. The van der Waals surface area contributed by atoms with E-state index in [1.165, 1.54) is 18.2 Å². The number of carbonyl (C=O) groups is 2. The Hall–Kier alpha value is -3.98. The molecule has 15 heteroatoms. The fourth-order valence-electron chi connectivity index (χ4n) is 4.80. The summed E-state index contributed by atoms with van der Waals surface area (Å²) in [6, 6.07) is 7.69. The summed E-state index contributed by atoms with van der Waals surface area (Å²) in [7, 11) is 0. The molecule has 0 aliphatic carbocycles. The van der Waals surface area contributed by atoms with Crippen LogP contribution < -0.4 is 15.5 Å². The lowest BCUT2D eigenvalue weighted by molar-refractivity contribution is -0.142. The van der Waals surface area contributed by atoms with Crippen molar-refractivity contribution in [2.45, 2.75) is 31.7 Å². The third-order valence-electron chi connectivity index (χ3n) is 6.96. The molecule has 0 spiro atoms. The zero-order valence-electron chi connectivity index (χ0n) is 22.3. The maximum Gasteiger partial charge on any atom is 0.417 e. The summed E-state index contributed by atoms with van der Waals surface area (Å²) < 4.78 is 80.0. The molecule has 2 fully saturated rings. The molecular formula is C28H24F6N6O2S. The van der Waals surface area contributed by atoms with Gasteiger partial charge in [0.15, 0.2) is 0 Å². The number of nitrogens with zero attached hydrogens (tertiary/aromatic N) is 4. The lowest BCUT2D eigenvalue weighted by Crippen LogP contribution is -2.38. The van der Waals surface area contributed by atoms with E-state index in [0.29, 0.717) is 49.0 Å². The van der Waals surface area contributed by atoms with Gasteiger partial charge in [0.05, 0.1) is 33.1 Å². The second kappa shape index (κ2) is 12.3. The van der Waals surface area contributed by atoms with Gasteiger partial charge in [0, 0.05) is 31.4 Å². The van der Waals surface area contributed by atoms with E-state index in [1.807, 2.05) is 4.90 Å². The van der Waals surface area contributed by atoms with Gasteiger partial charge in [-0.25, -0.2) is 9.97 Å². The molecule has 8 nitrogen and oxygen atoms in total. The third kappa shape index (κ3) is 7.51. The van der Waals surface area contributed by atoms with Crippen molar-refractivity contribution in [2.75, 3.05) is 24.5 Å². The minimum atomic E-state index is -4.99. The van der Waals surface area contributed by atoms with Gasteiger partial charge in [-0.05, 0) is 73.5 Å². The maximum absolute atomic E-state index is 13.6. The average Bonchev–Trinajstić information content (AvgIpc) is 3.28. The van der Waals surface area contributed by atoms with E-state index in [1.54, 1.807) is 18.3 Å². The molecule has 3 aromatic rings. The molecule has 43 heavy (non-hydrogen) atoms. The lowest BCUT2D eigenvalue weighted by Gasteiger charge is -2.32. The Morgan fingerprint density at radius 2 is 1.77 bits per heavy atom. The normalized spacial score (nSPS) is 17.5. The molecule has 2 amide bonds. The first-order valence-electron chi connectivity index (χ1n) is 13.1. The topological polar surface area (TPSA) is 100 Å². The van der Waals surface area contributed by atoms with Gasteiger partial charge in [0.2, 0.25) is 5.95 Å². The van der Waals surface area contributed by atoms with Crippen molar-refractivity contribution < 1.29 is 35.9 Å². The molecule has 2 aromatic heterocycles. The molecule has 2 aliphatic rings. The zero-order chi connectivity index (χ0) is 30.8. The van der Waals surface area contributed by atoms with Gasteiger partial charge in [0.1, 0.15) is 0 Å². The van der Waals surface area contributed by atoms with Gasteiger partial charge >= 0.3 is 12.4 Å². The fraction of sp³-hybridized carbons (Fsp3) is 0.321. The van der Waals surface area contributed by atoms with Crippen LogP contribution in [-0.4, -0.2) is 45.7 Å². The van der Waals surface area contributed by atoms with Gasteiger partial charge < -0.3 is 10.2 Å². The monoisotopic (exact) mass is 622 g/mol. The van der Waals surface area contributed by atoms with Gasteiger partial charge in [-0.1, -0.05) is 12.1 Å². The number of alkyl halides is 6. The Morgan fingerprint density at radius 1 is 1.00 bits per heavy atom. The standard InChI is InChI=1S/C28H24F6N6O2S/c29-27(30,31)17-4-5-20(21(12-17)28(32,33)34)22-3-1-2-19(37-22)15-35-14-16-7-10-40(11-8-16)25-36-9-6-18(38-25)13-23-24(41)39-26(42)43-23/h1-6,9,12-13,16,35H,7-8,10-11,14-15H2,(H,39,41,42)/b23-13-. The number of imide groups is 1. The number of piperidine rings is 1. The van der Waals surface area contributed by atoms with Crippen LogP contribution in [0.3, 0.4) is 0 Å². The number of pyridine rings is 1. The van der Waals surface area contributed by atoms with E-state index in [-0.39, 0.29) is 23.2 Å². The highest BCUT2D eigenvalue weighted by atomic mass is 32.2. The van der Waals surface area contributed by atoms with Crippen molar-refractivity contribution in [3.8, 4) is 11.3 Å². The molecule has 0 bridgehead atoms. The molecule has 0 radical (unpaired) electrons. The second-order valence-electron chi connectivity index (χ2n) is 9.97. The molecule has 4 heterocycles. The summed E-state index contributed by atoms with van der Waals surface area (Å²) in [5.74, 6) is 0.357. The highest BCUT2D eigenvalue weighted by Gasteiger charge is 2.38. The molecule has 2 N–H and O–H groups in total. The van der Waals surface area contributed by atoms with Gasteiger partial charge in [0.25, 0.3) is 11.1 Å². The average molecular weight is 623 g/mol. The molecule has 5 rings (SSSR count). The molecule has 0 unspecified atom stereocenters. The highest BCUT2D eigenvalue weighted by molar-refractivity contribution is 8.18. The maximum atomic E-state index is 13.6. The Morgan fingerprint density at radius 3 is 2.44 bits per heavy atom.